The summed E-state index contributed by atoms with van der Waals surface area (Å²) in [4.78, 5) is 0. The standard InChI is InChI=1S/C16H23BrClNO/c1-5-20-15-12(17)6-11(18)7-13(15)19-14-9-16(3,4)8-10(14)2/h6-7,10,14,19H,5,8-9H2,1-4H3. The average molecular weight is 361 g/mol. The van der Waals surface area contributed by atoms with Crippen LogP contribution in [0.3, 0.4) is 0 Å². The molecule has 2 rings (SSSR count). The van der Waals surface area contributed by atoms with Crippen molar-refractivity contribution in [2.24, 2.45) is 11.3 Å². The van der Waals surface area contributed by atoms with Crippen molar-refractivity contribution in [3.63, 3.8) is 0 Å². The summed E-state index contributed by atoms with van der Waals surface area (Å²) in [6.45, 7) is 9.62. The van der Waals surface area contributed by atoms with Gasteiger partial charge in [-0.05, 0) is 59.2 Å². The van der Waals surface area contributed by atoms with Gasteiger partial charge in [-0.25, -0.2) is 0 Å². The average Bonchev–Trinajstić information content (AvgIpc) is 2.56. The number of benzene rings is 1. The first-order valence-corrected chi connectivity index (χ1v) is 8.38. The molecule has 0 radical (unpaired) electrons. The van der Waals surface area contributed by atoms with E-state index in [4.69, 9.17) is 16.3 Å². The van der Waals surface area contributed by atoms with Crippen LogP contribution in [0.15, 0.2) is 16.6 Å². The number of nitrogens with one attached hydrogen (secondary N) is 1. The van der Waals surface area contributed by atoms with E-state index in [0.29, 0.717) is 29.0 Å². The lowest BCUT2D eigenvalue weighted by Gasteiger charge is -2.22. The van der Waals surface area contributed by atoms with Gasteiger partial charge in [0.15, 0.2) is 5.75 Å². The summed E-state index contributed by atoms with van der Waals surface area (Å²) < 4.78 is 6.65. The molecule has 1 aromatic rings. The van der Waals surface area contributed by atoms with Gasteiger partial charge in [0.25, 0.3) is 0 Å². The van der Waals surface area contributed by atoms with Crippen molar-refractivity contribution in [2.45, 2.75) is 46.6 Å². The Hall–Kier alpha value is -0.410. The minimum absolute atomic E-state index is 0.401. The minimum Gasteiger partial charge on any atom is -0.491 e. The van der Waals surface area contributed by atoms with E-state index in [-0.39, 0.29) is 0 Å². The van der Waals surface area contributed by atoms with Crippen LogP contribution in [0.5, 0.6) is 5.75 Å². The molecule has 0 bridgehead atoms. The van der Waals surface area contributed by atoms with Gasteiger partial charge in [-0.15, -0.1) is 0 Å². The molecule has 0 aliphatic heterocycles. The van der Waals surface area contributed by atoms with Crippen LogP contribution >= 0.6 is 27.5 Å². The second-order valence-corrected chi connectivity index (χ2v) is 7.79. The summed E-state index contributed by atoms with van der Waals surface area (Å²) in [6.07, 6.45) is 2.42. The Kier molecular flexibility index (Phi) is 4.91. The van der Waals surface area contributed by atoms with Gasteiger partial charge in [0.05, 0.1) is 16.8 Å². The molecule has 1 fully saturated rings. The van der Waals surface area contributed by atoms with Crippen molar-refractivity contribution in [1.82, 2.24) is 0 Å². The Bertz CT molecular complexity index is 490. The topological polar surface area (TPSA) is 21.3 Å². The third-order valence-electron chi connectivity index (χ3n) is 3.97. The SMILES string of the molecule is CCOc1c(Br)cc(Cl)cc1NC1CC(C)(C)CC1C. The number of hydrogen-bond donors (Lipinski definition) is 1. The summed E-state index contributed by atoms with van der Waals surface area (Å²) in [7, 11) is 0. The fourth-order valence-electron chi connectivity index (χ4n) is 3.25. The molecule has 2 unspecified atom stereocenters. The van der Waals surface area contributed by atoms with Gasteiger partial charge in [0.1, 0.15) is 0 Å². The predicted octanol–water partition coefficient (Wildman–Crippen LogP) is 5.74. The van der Waals surface area contributed by atoms with Crippen LogP contribution < -0.4 is 10.1 Å². The van der Waals surface area contributed by atoms with Crippen molar-refractivity contribution in [3.8, 4) is 5.75 Å². The summed E-state index contributed by atoms with van der Waals surface area (Å²) in [6, 6.07) is 4.30. The number of hydrogen-bond acceptors (Lipinski definition) is 2. The second kappa shape index (κ2) is 6.15. The molecule has 2 nitrogen and oxygen atoms in total. The van der Waals surface area contributed by atoms with Crippen LogP contribution in [0, 0.1) is 11.3 Å². The summed E-state index contributed by atoms with van der Waals surface area (Å²) in [5, 5.41) is 4.36. The zero-order valence-electron chi connectivity index (χ0n) is 12.6. The molecule has 4 heteroatoms. The summed E-state index contributed by atoms with van der Waals surface area (Å²) >= 11 is 9.71. The largest absolute Gasteiger partial charge is 0.491 e. The molecule has 1 aliphatic rings. The number of rotatable bonds is 4. The van der Waals surface area contributed by atoms with E-state index in [1.165, 1.54) is 12.8 Å². The van der Waals surface area contributed by atoms with Gasteiger partial charge < -0.3 is 10.1 Å². The fourth-order valence-corrected chi connectivity index (χ4v) is 4.17. The van der Waals surface area contributed by atoms with E-state index in [2.05, 4.69) is 42.0 Å². The smallest absolute Gasteiger partial charge is 0.156 e. The van der Waals surface area contributed by atoms with E-state index < -0.39 is 0 Å². The molecule has 20 heavy (non-hydrogen) atoms. The molecule has 1 saturated carbocycles. The van der Waals surface area contributed by atoms with Crippen LogP contribution in [0.4, 0.5) is 5.69 Å². The molecule has 1 aromatic carbocycles. The Balaban J connectivity index is 2.24. The fraction of sp³-hybridized carbons (Fsp3) is 0.625. The number of halogens is 2. The molecule has 2 atom stereocenters. The van der Waals surface area contributed by atoms with Crippen molar-refractivity contribution >= 4 is 33.2 Å². The molecule has 0 aromatic heterocycles. The number of anilines is 1. The van der Waals surface area contributed by atoms with Gasteiger partial charge in [-0.3, -0.25) is 0 Å². The highest BCUT2D eigenvalue weighted by Gasteiger charge is 2.37. The highest BCUT2D eigenvalue weighted by atomic mass is 79.9. The van der Waals surface area contributed by atoms with Gasteiger partial charge in [0.2, 0.25) is 0 Å². The molecule has 0 amide bonds. The minimum atomic E-state index is 0.401. The quantitative estimate of drug-likeness (QED) is 0.739. The first-order chi connectivity index (χ1) is 9.32. The summed E-state index contributed by atoms with van der Waals surface area (Å²) in [5.74, 6) is 1.51. The molecule has 0 heterocycles. The van der Waals surface area contributed by atoms with Gasteiger partial charge >= 0.3 is 0 Å². The maximum Gasteiger partial charge on any atom is 0.156 e. The monoisotopic (exact) mass is 359 g/mol. The van der Waals surface area contributed by atoms with Gasteiger partial charge in [-0.2, -0.15) is 0 Å². The van der Waals surface area contributed by atoms with E-state index >= 15 is 0 Å². The third-order valence-corrected chi connectivity index (χ3v) is 4.78. The van der Waals surface area contributed by atoms with E-state index in [0.717, 1.165) is 15.9 Å². The van der Waals surface area contributed by atoms with Gasteiger partial charge in [0, 0.05) is 11.1 Å². The third kappa shape index (κ3) is 3.62. The molecular weight excluding hydrogens is 338 g/mol. The van der Waals surface area contributed by atoms with E-state index in [9.17, 15) is 0 Å². The molecule has 1 N–H and O–H groups in total. The molecule has 112 valence electrons. The Labute approximate surface area is 135 Å². The Morgan fingerprint density at radius 3 is 2.65 bits per heavy atom. The first kappa shape index (κ1) is 16.0. The maximum atomic E-state index is 6.17. The molecular formula is C16H23BrClNO. The first-order valence-electron chi connectivity index (χ1n) is 7.21. The van der Waals surface area contributed by atoms with Crippen molar-refractivity contribution in [2.75, 3.05) is 11.9 Å². The molecule has 0 saturated heterocycles. The zero-order valence-corrected chi connectivity index (χ0v) is 14.9. The number of ether oxygens (including phenoxy) is 1. The second-order valence-electron chi connectivity index (χ2n) is 6.50. The molecule has 0 spiro atoms. The van der Waals surface area contributed by atoms with Crippen LogP contribution in [0.1, 0.15) is 40.5 Å². The Morgan fingerprint density at radius 2 is 2.10 bits per heavy atom. The van der Waals surface area contributed by atoms with Crippen molar-refractivity contribution in [1.29, 1.82) is 0 Å². The predicted molar refractivity (Wildman–Crippen MR) is 89.9 cm³/mol. The molecule has 1 aliphatic carbocycles. The zero-order chi connectivity index (χ0) is 14.9. The Morgan fingerprint density at radius 1 is 1.40 bits per heavy atom. The highest BCUT2D eigenvalue weighted by molar-refractivity contribution is 9.10. The lowest BCUT2D eigenvalue weighted by atomic mass is 9.91. The van der Waals surface area contributed by atoms with Gasteiger partial charge in [-0.1, -0.05) is 32.4 Å². The highest BCUT2D eigenvalue weighted by Crippen LogP contribution is 2.44. The van der Waals surface area contributed by atoms with Crippen LogP contribution in [-0.4, -0.2) is 12.6 Å². The van der Waals surface area contributed by atoms with E-state index in [1.54, 1.807) is 0 Å². The van der Waals surface area contributed by atoms with E-state index in [1.807, 2.05) is 19.1 Å². The normalized spacial score (nSPS) is 24.7. The van der Waals surface area contributed by atoms with Crippen LogP contribution in [-0.2, 0) is 0 Å². The van der Waals surface area contributed by atoms with Crippen molar-refractivity contribution in [3.05, 3.63) is 21.6 Å². The maximum absolute atomic E-state index is 6.17. The van der Waals surface area contributed by atoms with Crippen LogP contribution in [0.2, 0.25) is 5.02 Å². The van der Waals surface area contributed by atoms with Crippen LogP contribution in [0.25, 0.3) is 0 Å². The lowest BCUT2D eigenvalue weighted by Crippen LogP contribution is -2.23. The lowest BCUT2D eigenvalue weighted by molar-refractivity contribution is 0.339. The summed E-state index contributed by atoms with van der Waals surface area (Å²) in [5.41, 5.74) is 1.39. The van der Waals surface area contributed by atoms with Crippen molar-refractivity contribution < 1.29 is 4.74 Å².